The number of nitrogens with one attached hydrogen (secondary N) is 2. The number of benzene rings is 1. The molecular formula is C21H29N5O4S. The van der Waals surface area contributed by atoms with Gasteiger partial charge in [0.2, 0.25) is 0 Å². The van der Waals surface area contributed by atoms with Crippen LogP contribution >= 0.6 is 0 Å². The highest BCUT2D eigenvalue weighted by atomic mass is 32.2. The van der Waals surface area contributed by atoms with Crippen molar-refractivity contribution in [3.63, 3.8) is 0 Å². The summed E-state index contributed by atoms with van der Waals surface area (Å²) in [5.41, 5.74) is 8.35. The van der Waals surface area contributed by atoms with Gasteiger partial charge in [-0.1, -0.05) is 19.3 Å². The van der Waals surface area contributed by atoms with E-state index in [9.17, 15) is 13.6 Å². The number of pyridine rings is 1. The summed E-state index contributed by atoms with van der Waals surface area (Å²) in [7, 11) is 0. The van der Waals surface area contributed by atoms with Crippen LogP contribution in [0.3, 0.4) is 0 Å². The van der Waals surface area contributed by atoms with Gasteiger partial charge in [-0.25, -0.2) is 9.00 Å². The Bertz CT molecular complexity index is 877. The van der Waals surface area contributed by atoms with Crippen molar-refractivity contribution in [1.29, 1.82) is 0 Å². The van der Waals surface area contributed by atoms with E-state index in [2.05, 4.69) is 15.6 Å². The molecule has 1 amide bonds. The SMILES string of the molecule is NC(=O)OCCN(c1ccc(NC2CCCCC2)c(NCc2ccncc2)c1)S(=O)O. The molecule has 0 bridgehead atoms. The van der Waals surface area contributed by atoms with Crippen molar-refractivity contribution in [2.45, 2.75) is 44.7 Å². The van der Waals surface area contributed by atoms with Crippen LogP contribution in [0.4, 0.5) is 21.9 Å². The van der Waals surface area contributed by atoms with Crippen molar-refractivity contribution in [3.05, 3.63) is 48.3 Å². The van der Waals surface area contributed by atoms with Crippen molar-refractivity contribution in [3.8, 4) is 0 Å². The van der Waals surface area contributed by atoms with Gasteiger partial charge >= 0.3 is 6.09 Å². The van der Waals surface area contributed by atoms with Gasteiger partial charge in [-0.15, -0.1) is 0 Å². The van der Waals surface area contributed by atoms with Crippen LogP contribution in [0.25, 0.3) is 0 Å². The summed E-state index contributed by atoms with van der Waals surface area (Å²) in [5.74, 6) is 0. The lowest BCUT2D eigenvalue weighted by Crippen LogP contribution is -2.31. The first kappa shape index (κ1) is 22.8. The highest BCUT2D eigenvalue weighted by molar-refractivity contribution is 7.80. The fraction of sp³-hybridized carbons (Fsp3) is 0.429. The number of carbonyl (C=O) groups is 1. The number of carbonyl (C=O) groups excluding carboxylic acids is 1. The summed E-state index contributed by atoms with van der Waals surface area (Å²) in [6, 6.07) is 9.79. The Morgan fingerprint density at radius 2 is 1.94 bits per heavy atom. The van der Waals surface area contributed by atoms with Crippen LogP contribution in [0.1, 0.15) is 37.7 Å². The van der Waals surface area contributed by atoms with Crippen LogP contribution in [0.15, 0.2) is 42.7 Å². The molecule has 1 saturated carbocycles. The molecule has 1 fully saturated rings. The predicted octanol–water partition coefficient (Wildman–Crippen LogP) is 3.48. The standard InChI is InChI=1S/C21H29N5O4S/c22-21(27)30-13-12-26(31(28)29)18-6-7-19(25-17-4-2-1-3-5-17)20(14-18)24-15-16-8-10-23-11-9-16/h6-11,14,17,24-25H,1-5,12-13,15H2,(H2,22,27)(H,28,29). The van der Waals surface area contributed by atoms with Gasteiger partial charge in [0.1, 0.15) is 6.61 Å². The number of primary amides is 1. The van der Waals surface area contributed by atoms with E-state index in [1.165, 1.54) is 23.6 Å². The molecular weight excluding hydrogens is 418 g/mol. The molecule has 9 nitrogen and oxygen atoms in total. The van der Waals surface area contributed by atoms with Crippen molar-refractivity contribution in [2.75, 3.05) is 28.1 Å². The lowest BCUT2D eigenvalue weighted by molar-refractivity contribution is 0.160. The van der Waals surface area contributed by atoms with Gasteiger partial charge in [0.15, 0.2) is 0 Å². The quantitative estimate of drug-likeness (QED) is 0.410. The van der Waals surface area contributed by atoms with Crippen molar-refractivity contribution >= 4 is 34.4 Å². The molecule has 10 heteroatoms. The number of amides is 1. The van der Waals surface area contributed by atoms with E-state index in [1.807, 2.05) is 24.3 Å². The van der Waals surface area contributed by atoms with Gasteiger partial charge in [0, 0.05) is 25.0 Å². The predicted molar refractivity (Wildman–Crippen MR) is 122 cm³/mol. The molecule has 0 radical (unpaired) electrons. The molecule has 1 aromatic heterocycles. The van der Waals surface area contributed by atoms with Crippen LogP contribution in [-0.2, 0) is 22.5 Å². The Labute approximate surface area is 184 Å². The third-order valence-electron chi connectivity index (χ3n) is 5.22. The maximum absolute atomic E-state index is 11.9. The van der Waals surface area contributed by atoms with E-state index in [0.29, 0.717) is 18.3 Å². The molecule has 1 heterocycles. The summed E-state index contributed by atoms with van der Waals surface area (Å²) in [4.78, 5) is 14.9. The van der Waals surface area contributed by atoms with Crippen LogP contribution in [0.2, 0.25) is 0 Å². The summed E-state index contributed by atoms with van der Waals surface area (Å²) in [5, 5.41) is 7.05. The molecule has 1 aromatic carbocycles. The van der Waals surface area contributed by atoms with Gasteiger partial charge in [0.25, 0.3) is 11.3 Å². The maximum Gasteiger partial charge on any atom is 0.404 e. The van der Waals surface area contributed by atoms with E-state index in [0.717, 1.165) is 29.8 Å². The molecule has 0 saturated heterocycles. The minimum absolute atomic E-state index is 0.0330. The van der Waals surface area contributed by atoms with E-state index in [4.69, 9.17) is 10.5 Å². The Balaban J connectivity index is 1.80. The zero-order chi connectivity index (χ0) is 22.1. The second-order valence-corrected chi connectivity index (χ2v) is 8.32. The smallest absolute Gasteiger partial charge is 0.404 e. The number of nitrogens with two attached hydrogens (primary N) is 1. The molecule has 31 heavy (non-hydrogen) atoms. The highest BCUT2D eigenvalue weighted by Gasteiger charge is 2.18. The van der Waals surface area contributed by atoms with E-state index in [-0.39, 0.29) is 13.2 Å². The second-order valence-electron chi connectivity index (χ2n) is 7.42. The first-order chi connectivity index (χ1) is 15.0. The molecule has 3 rings (SSSR count). The van der Waals surface area contributed by atoms with Crippen molar-refractivity contribution < 1.29 is 18.3 Å². The Morgan fingerprint density at radius 1 is 1.19 bits per heavy atom. The first-order valence-electron chi connectivity index (χ1n) is 10.4. The first-order valence-corrected chi connectivity index (χ1v) is 11.4. The van der Waals surface area contributed by atoms with Crippen molar-refractivity contribution in [2.24, 2.45) is 5.73 Å². The van der Waals surface area contributed by atoms with Gasteiger partial charge in [-0.3, -0.25) is 13.8 Å². The number of aromatic nitrogens is 1. The maximum atomic E-state index is 11.9. The third-order valence-corrected chi connectivity index (χ3v) is 5.99. The van der Waals surface area contributed by atoms with E-state index < -0.39 is 17.4 Å². The van der Waals surface area contributed by atoms with Crippen LogP contribution < -0.4 is 20.7 Å². The van der Waals surface area contributed by atoms with Gasteiger partial charge in [-0.2, -0.15) is 0 Å². The Hall–Kier alpha value is -2.85. The lowest BCUT2D eigenvalue weighted by atomic mass is 9.95. The van der Waals surface area contributed by atoms with Gasteiger partial charge in [-0.05, 0) is 48.7 Å². The minimum Gasteiger partial charge on any atom is -0.448 e. The molecule has 1 aliphatic rings. The van der Waals surface area contributed by atoms with E-state index >= 15 is 0 Å². The molecule has 1 aliphatic carbocycles. The Morgan fingerprint density at radius 3 is 2.61 bits per heavy atom. The summed E-state index contributed by atoms with van der Waals surface area (Å²) in [6.07, 6.45) is 8.52. The number of hydrogen-bond donors (Lipinski definition) is 4. The van der Waals surface area contributed by atoms with Crippen molar-refractivity contribution in [1.82, 2.24) is 4.98 Å². The average molecular weight is 448 g/mol. The fourth-order valence-corrected chi connectivity index (χ4v) is 4.18. The molecule has 2 aromatic rings. The van der Waals surface area contributed by atoms with Gasteiger partial charge in [0.05, 0.1) is 23.6 Å². The number of nitrogens with zero attached hydrogens (tertiary/aromatic N) is 2. The van der Waals surface area contributed by atoms with Crippen LogP contribution in [0, 0.1) is 0 Å². The molecule has 5 N–H and O–H groups in total. The summed E-state index contributed by atoms with van der Waals surface area (Å²) < 4.78 is 27.6. The number of rotatable bonds is 10. The number of anilines is 3. The minimum atomic E-state index is -2.29. The lowest BCUT2D eigenvalue weighted by Gasteiger charge is -2.27. The number of hydrogen-bond acceptors (Lipinski definition) is 6. The largest absolute Gasteiger partial charge is 0.448 e. The zero-order valence-electron chi connectivity index (χ0n) is 17.3. The highest BCUT2D eigenvalue weighted by Crippen LogP contribution is 2.31. The molecule has 1 unspecified atom stereocenters. The molecule has 1 atom stereocenters. The van der Waals surface area contributed by atoms with E-state index in [1.54, 1.807) is 18.5 Å². The third kappa shape index (κ3) is 7.11. The zero-order valence-corrected chi connectivity index (χ0v) is 18.1. The Kier molecular flexibility index (Phi) is 8.48. The number of ether oxygens (including phenoxy) is 1. The molecule has 0 spiro atoms. The summed E-state index contributed by atoms with van der Waals surface area (Å²) in [6.45, 7) is 0.521. The fourth-order valence-electron chi connectivity index (χ4n) is 3.65. The van der Waals surface area contributed by atoms with Crippen LogP contribution in [0.5, 0.6) is 0 Å². The van der Waals surface area contributed by atoms with Gasteiger partial charge < -0.3 is 21.1 Å². The normalized spacial score (nSPS) is 15.1. The summed E-state index contributed by atoms with van der Waals surface area (Å²) >= 11 is -2.29. The molecule has 168 valence electrons. The topological polar surface area (TPSA) is 130 Å². The average Bonchev–Trinajstić information content (AvgIpc) is 2.77. The molecule has 0 aliphatic heterocycles. The monoisotopic (exact) mass is 447 g/mol. The van der Waals surface area contributed by atoms with Crippen LogP contribution in [-0.4, -0.2) is 39.0 Å². The second kappa shape index (κ2) is 11.5.